The molecule has 3 aromatic carbocycles. The number of fused-ring (bicyclic) bond motifs is 1. The molecule has 4 nitrogen and oxygen atoms in total. The Labute approximate surface area is 162 Å². The molecule has 0 atom stereocenters. The molecule has 0 bridgehead atoms. The van der Waals surface area contributed by atoms with Crippen molar-refractivity contribution >= 4 is 21.9 Å². The van der Waals surface area contributed by atoms with Crippen molar-refractivity contribution in [1.82, 2.24) is 4.98 Å². The molecule has 0 saturated carbocycles. The van der Waals surface area contributed by atoms with Crippen molar-refractivity contribution in [3.63, 3.8) is 0 Å². The average molecular weight is 361 g/mol. The summed E-state index contributed by atoms with van der Waals surface area (Å²) in [6.45, 7) is 1.75. The summed E-state index contributed by atoms with van der Waals surface area (Å²) < 4.78 is 5.80. The van der Waals surface area contributed by atoms with Gasteiger partial charge in [-0.15, -0.1) is 0 Å². The first-order chi connectivity index (χ1) is 13.7. The highest BCUT2D eigenvalue weighted by Gasteiger charge is 2.20. The van der Waals surface area contributed by atoms with Gasteiger partial charge < -0.3 is 4.42 Å². The Kier molecular flexibility index (Phi) is 4.46. The molecule has 0 aliphatic carbocycles. The van der Waals surface area contributed by atoms with E-state index in [1.54, 1.807) is 6.92 Å². The van der Waals surface area contributed by atoms with E-state index in [2.05, 4.69) is 17.1 Å². The van der Waals surface area contributed by atoms with Gasteiger partial charge in [-0.3, -0.25) is 0 Å². The molecule has 28 heavy (non-hydrogen) atoms. The third-order valence-electron chi connectivity index (χ3n) is 4.59. The SMILES string of the molecule is Cc1oc(-c2ccccc2)nc1/C(C#N)=C(/C#N)c1cccc2ccccc12. The molecule has 1 heterocycles. The zero-order valence-electron chi connectivity index (χ0n) is 15.2. The van der Waals surface area contributed by atoms with Crippen molar-refractivity contribution in [1.29, 1.82) is 10.5 Å². The van der Waals surface area contributed by atoms with Crippen LogP contribution < -0.4 is 0 Å². The van der Waals surface area contributed by atoms with Crippen LogP contribution in [0, 0.1) is 29.6 Å². The van der Waals surface area contributed by atoms with Crippen LogP contribution in [0.5, 0.6) is 0 Å². The van der Waals surface area contributed by atoms with E-state index < -0.39 is 0 Å². The maximum Gasteiger partial charge on any atom is 0.226 e. The minimum atomic E-state index is 0.210. The van der Waals surface area contributed by atoms with Crippen molar-refractivity contribution in [3.05, 3.63) is 89.8 Å². The van der Waals surface area contributed by atoms with E-state index in [1.165, 1.54) is 0 Å². The molecule has 0 aliphatic heterocycles. The largest absolute Gasteiger partial charge is 0.441 e. The molecule has 1 aromatic heterocycles. The second kappa shape index (κ2) is 7.23. The van der Waals surface area contributed by atoms with Crippen LogP contribution in [0.4, 0.5) is 0 Å². The first kappa shape index (κ1) is 17.3. The van der Waals surface area contributed by atoms with Gasteiger partial charge in [0.2, 0.25) is 5.89 Å². The minimum absolute atomic E-state index is 0.210. The second-order valence-corrected chi connectivity index (χ2v) is 6.29. The van der Waals surface area contributed by atoms with Crippen molar-refractivity contribution in [2.75, 3.05) is 0 Å². The number of allylic oxidation sites excluding steroid dienone is 2. The Morgan fingerprint density at radius 2 is 1.50 bits per heavy atom. The van der Waals surface area contributed by atoms with Crippen LogP contribution in [0.1, 0.15) is 17.0 Å². The smallest absolute Gasteiger partial charge is 0.226 e. The third-order valence-corrected chi connectivity index (χ3v) is 4.59. The van der Waals surface area contributed by atoms with Crippen LogP contribution in [-0.4, -0.2) is 4.98 Å². The minimum Gasteiger partial charge on any atom is -0.441 e. The summed E-state index contributed by atoms with van der Waals surface area (Å²) >= 11 is 0. The van der Waals surface area contributed by atoms with Gasteiger partial charge in [-0.25, -0.2) is 4.98 Å². The Bertz CT molecular complexity index is 1280. The lowest BCUT2D eigenvalue weighted by atomic mass is 9.94. The molecule has 4 heteroatoms. The summed E-state index contributed by atoms with van der Waals surface area (Å²) in [5.41, 5.74) is 2.42. The molecule has 0 fully saturated rings. The Morgan fingerprint density at radius 3 is 2.25 bits per heavy atom. The molecule has 4 rings (SSSR count). The van der Waals surface area contributed by atoms with E-state index in [1.807, 2.05) is 72.8 Å². The van der Waals surface area contributed by atoms with Crippen LogP contribution in [0.25, 0.3) is 33.4 Å². The van der Waals surface area contributed by atoms with E-state index in [9.17, 15) is 10.5 Å². The molecule has 0 unspecified atom stereocenters. The highest BCUT2D eigenvalue weighted by Crippen LogP contribution is 2.33. The first-order valence-electron chi connectivity index (χ1n) is 8.78. The lowest BCUT2D eigenvalue weighted by molar-refractivity contribution is 0.542. The maximum absolute atomic E-state index is 9.90. The number of rotatable bonds is 3. The Balaban J connectivity index is 1.94. The van der Waals surface area contributed by atoms with Gasteiger partial charge in [0, 0.05) is 11.1 Å². The monoisotopic (exact) mass is 361 g/mol. The molecular formula is C24H15N3O. The average Bonchev–Trinajstić information content (AvgIpc) is 3.13. The quantitative estimate of drug-likeness (QED) is 0.435. The van der Waals surface area contributed by atoms with Gasteiger partial charge in [0.1, 0.15) is 23.6 Å². The van der Waals surface area contributed by atoms with Gasteiger partial charge in [0.15, 0.2) is 0 Å². The van der Waals surface area contributed by atoms with Gasteiger partial charge in [0.05, 0.1) is 11.1 Å². The Hall–Kier alpha value is -4.15. The van der Waals surface area contributed by atoms with Gasteiger partial charge >= 0.3 is 0 Å². The summed E-state index contributed by atoms with van der Waals surface area (Å²) in [5.74, 6) is 0.930. The highest BCUT2D eigenvalue weighted by molar-refractivity contribution is 6.08. The molecule has 0 N–H and O–H groups in total. The number of oxazole rings is 1. The predicted octanol–water partition coefficient (Wildman–Crippen LogP) is 5.76. The number of nitriles is 2. The van der Waals surface area contributed by atoms with Crippen LogP contribution in [-0.2, 0) is 0 Å². The van der Waals surface area contributed by atoms with Gasteiger partial charge in [-0.2, -0.15) is 10.5 Å². The van der Waals surface area contributed by atoms with E-state index in [4.69, 9.17) is 4.42 Å². The van der Waals surface area contributed by atoms with Gasteiger partial charge in [-0.1, -0.05) is 60.7 Å². The first-order valence-corrected chi connectivity index (χ1v) is 8.78. The van der Waals surface area contributed by atoms with Crippen LogP contribution in [0.2, 0.25) is 0 Å². The lowest BCUT2D eigenvalue weighted by Crippen LogP contribution is -1.93. The topological polar surface area (TPSA) is 73.6 Å². The molecule has 0 saturated heterocycles. The van der Waals surface area contributed by atoms with Crippen molar-refractivity contribution in [3.8, 4) is 23.6 Å². The fourth-order valence-electron chi connectivity index (χ4n) is 3.25. The van der Waals surface area contributed by atoms with Gasteiger partial charge in [-0.05, 0) is 29.8 Å². The molecule has 4 aromatic rings. The number of aromatic nitrogens is 1. The second-order valence-electron chi connectivity index (χ2n) is 6.29. The zero-order valence-corrected chi connectivity index (χ0v) is 15.2. The van der Waals surface area contributed by atoms with Crippen LogP contribution in [0.15, 0.2) is 77.2 Å². The van der Waals surface area contributed by atoms with E-state index in [0.717, 1.165) is 16.3 Å². The highest BCUT2D eigenvalue weighted by atomic mass is 16.4. The van der Waals surface area contributed by atoms with Crippen LogP contribution >= 0.6 is 0 Å². The van der Waals surface area contributed by atoms with E-state index in [-0.39, 0.29) is 11.1 Å². The molecule has 0 amide bonds. The number of hydrogen-bond donors (Lipinski definition) is 0. The van der Waals surface area contributed by atoms with Crippen molar-refractivity contribution < 1.29 is 4.42 Å². The third kappa shape index (κ3) is 2.94. The molecule has 132 valence electrons. The molecule has 0 spiro atoms. The summed E-state index contributed by atoms with van der Waals surface area (Å²) in [6, 6.07) is 27.4. The maximum atomic E-state index is 9.90. The number of benzene rings is 3. The number of aryl methyl sites for hydroxylation is 1. The number of nitrogens with zero attached hydrogens (tertiary/aromatic N) is 3. The normalized spacial score (nSPS) is 11.5. The molecular weight excluding hydrogens is 346 g/mol. The fraction of sp³-hybridized carbons (Fsp3) is 0.0417. The summed E-state index contributed by atoms with van der Waals surface area (Å²) in [4.78, 5) is 4.53. The Morgan fingerprint density at radius 1 is 0.821 bits per heavy atom. The zero-order chi connectivity index (χ0) is 19.5. The van der Waals surface area contributed by atoms with E-state index >= 15 is 0 Å². The predicted molar refractivity (Wildman–Crippen MR) is 109 cm³/mol. The van der Waals surface area contributed by atoms with Gasteiger partial charge in [0.25, 0.3) is 0 Å². The van der Waals surface area contributed by atoms with Crippen LogP contribution in [0.3, 0.4) is 0 Å². The summed E-state index contributed by atoms with van der Waals surface area (Å²) in [5, 5.41) is 21.7. The lowest BCUT2D eigenvalue weighted by Gasteiger charge is -2.07. The molecule has 0 radical (unpaired) electrons. The standard InChI is InChI=1S/C24H15N3O/c1-16-23(27-24(28-16)18-9-3-2-4-10-18)22(15-26)21(14-25)20-13-7-11-17-8-5-6-12-19(17)20/h2-13H,1H3/b22-21-. The number of hydrogen-bond acceptors (Lipinski definition) is 4. The van der Waals surface area contributed by atoms with E-state index in [0.29, 0.717) is 22.9 Å². The summed E-state index contributed by atoms with van der Waals surface area (Å²) in [6.07, 6.45) is 0. The fourth-order valence-corrected chi connectivity index (χ4v) is 3.25. The molecule has 0 aliphatic rings. The summed E-state index contributed by atoms with van der Waals surface area (Å²) in [7, 11) is 0. The van der Waals surface area contributed by atoms with Crippen molar-refractivity contribution in [2.45, 2.75) is 6.92 Å². The van der Waals surface area contributed by atoms with Crippen molar-refractivity contribution in [2.24, 2.45) is 0 Å².